The molecule has 0 fully saturated rings. The third kappa shape index (κ3) is 5.83. The fourth-order valence-electron chi connectivity index (χ4n) is 2.68. The fraction of sp³-hybridized carbons (Fsp3) is 0.0833. The molecule has 0 saturated heterocycles. The summed E-state index contributed by atoms with van der Waals surface area (Å²) in [5, 5.41) is 5.56. The normalized spacial score (nSPS) is 10.2. The Morgan fingerprint density at radius 3 is 2.28 bits per heavy atom. The molecule has 3 aromatic rings. The van der Waals surface area contributed by atoms with E-state index in [1.165, 1.54) is 4.90 Å². The van der Waals surface area contributed by atoms with Crippen molar-refractivity contribution in [2.45, 2.75) is 10.6 Å². The Balaban J connectivity index is 1.64. The van der Waals surface area contributed by atoms with Crippen LogP contribution in [0.4, 0.5) is 5.69 Å². The zero-order valence-corrected chi connectivity index (χ0v) is 16.7. The molecule has 29 heavy (non-hydrogen) atoms. The molecule has 0 unspecified atom stereocenters. The number of benzene rings is 3. The van der Waals surface area contributed by atoms with E-state index in [1.54, 1.807) is 54.2 Å². The second-order valence-corrected chi connectivity index (χ2v) is 7.35. The maximum atomic E-state index is 12.6. The van der Waals surface area contributed by atoms with Gasteiger partial charge in [0.25, 0.3) is 11.8 Å². The molecule has 146 valence electrons. The number of amides is 2. The van der Waals surface area contributed by atoms with E-state index in [2.05, 4.69) is 29.3 Å². The van der Waals surface area contributed by atoms with E-state index in [1.807, 2.05) is 30.3 Å². The summed E-state index contributed by atoms with van der Waals surface area (Å²) < 4.78 is 0. The van der Waals surface area contributed by atoms with Crippen molar-refractivity contribution in [2.24, 2.45) is 0 Å². The highest BCUT2D eigenvalue weighted by Crippen LogP contribution is 2.23. The van der Waals surface area contributed by atoms with Crippen LogP contribution in [0.2, 0.25) is 0 Å². The monoisotopic (exact) mass is 402 g/mol. The van der Waals surface area contributed by atoms with Crippen molar-refractivity contribution >= 4 is 29.3 Å². The zero-order chi connectivity index (χ0) is 20.5. The highest BCUT2D eigenvalue weighted by atomic mass is 32.2. The van der Waals surface area contributed by atoms with E-state index in [-0.39, 0.29) is 11.8 Å². The van der Waals surface area contributed by atoms with E-state index in [4.69, 9.17) is 0 Å². The Morgan fingerprint density at radius 1 is 0.862 bits per heavy atom. The molecule has 5 heteroatoms. The van der Waals surface area contributed by atoms with Crippen LogP contribution in [0.3, 0.4) is 0 Å². The van der Waals surface area contributed by atoms with Crippen molar-refractivity contribution in [3.8, 4) is 0 Å². The number of rotatable bonds is 8. The average molecular weight is 403 g/mol. The number of para-hydroxylation sites is 1. The molecule has 0 radical (unpaired) electrons. The number of carbonyl (C=O) groups excluding carboxylic acids is 2. The van der Waals surface area contributed by atoms with Crippen LogP contribution in [0.25, 0.3) is 0 Å². The summed E-state index contributed by atoms with van der Waals surface area (Å²) in [6, 6.07) is 24.6. The molecule has 0 saturated carbocycles. The van der Waals surface area contributed by atoms with Gasteiger partial charge in [0.15, 0.2) is 0 Å². The van der Waals surface area contributed by atoms with Gasteiger partial charge in [-0.3, -0.25) is 9.59 Å². The first-order valence-corrected chi connectivity index (χ1v) is 10.2. The van der Waals surface area contributed by atoms with Crippen molar-refractivity contribution in [1.29, 1.82) is 0 Å². The van der Waals surface area contributed by atoms with E-state index in [0.29, 0.717) is 23.4 Å². The molecular weight excluding hydrogens is 380 g/mol. The van der Waals surface area contributed by atoms with Crippen molar-refractivity contribution in [2.75, 3.05) is 11.9 Å². The highest BCUT2D eigenvalue weighted by Gasteiger charge is 2.13. The summed E-state index contributed by atoms with van der Waals surface area (Å²) >= 11 is 1.75. The molecule has 0 aliphatic carbocycles. The molecule has 0 bridgehead atoms. The molecule has 0 atom stereocenters. The predicted molar refractivity (Wildman–Crippen MR) is 119 cm³/mol. The fourth-order valence-corrected chi connectivity index (χ4v) is 3.56. The molecule has 0 aromatic heterocycles. The molecule has 0 spiro atoms. The summed E-state index contributed by atoms with van der Waals surface area (Å²) in [7, 11) is 0. The predicted octanol–water partition coefficient (Wildman–Crippen LogP) is 5.15. The van der Waals surface area contributed by atoms with E-state index >= 15 is 0 Å². The van der Waals surface area contributed by atoms with Gasteiger partial charge in [-0.05, 0) is 42.0 Å². The van der Waals surface area contributed by atoms with Crippen molar-refractivity contribution in [3.63, 3.8) is 0 Å². The Bertz CT molecular complexity index is 985. The van der Waals surface area contributed by atoms with Crippen molar-refractivity contribution in [3.05, 3.63) is 108 Å². The molecule has 2 amide bonds. The summed E-state index contributed by atoms with van der Waals surface area (Å²) in [6.45, 7) is 3.95. The largest absolute Gasteiger partial charge is 0.349 e. The van der Waals surface area contributed by atoms with Crippen LogP contribution in [-0.4, -0.2) is 18.4 Å². The summed E-state index contributed by atoms with van der Waals surface area (Å²) in [4.78, 5) is 26.1. The van der Waals surface area contributed by atoms with Crippen LogP contribution in [0.5, 0.6) is 0 Å². The van der Waals surface area contributed by atoms with Gasteiger partial charge in [0.2, 0.25) is 0 Å². The molecule has 0 aliphatic rings. The van der Waals surface area contributed by atoms with Gasteiger partial charge >= 0.3 is 0 Å². The summed E-state index contributed by atoms with van der Waals surface area (Å²) in [5.74, 6) is 0.323. The van der Waals surface area contributed by atoms with Gasteiger partial charge in [-0.1, -0.05) is 48.5 Å². The third-order valence-electron chi connectivity index (χ3n) is 4.19. The summed E-state index contributed by atoms with van der Waals surface area (Å²) in [5.41, 5.74) is 2.57. The lowest BCUT2D eigenvalue weighted by molar-refractivity contribution is 0.0959. The van der Waals surface area contributed by atoms with Gasteiger partial charge < -0.3 is 10.6 Å². The minimum absolute atomic E-state index is 0.253. The van der Waals surface area contributed by atoms with Gasteiger partial charge in [-0.15, -0.1) is 18.3 Å². The van der Waals surface area contributed by atoms with Crippen molar-refractivity contribution < 1.29 is 9.59 Å². The smallest absolute Gasteiger partial charge is 0.255 e. The van der Waals surface area contributed by atoms with Crippen LogP contribution in [-0.2, 0) is 5.75 Å². The second-order valence-electron chi connectivity index (χ2n) is 6.30. The van der Waals surface area contributed by atoms with E-state index < -0.39 is 0 Å². The Kier molecular flexibility index (Phi) is 7.25. The van der Waals surface area contributed by atoms with Crippen molar-refractivity contribution in [1.82, 2.24) is 5.32 Å². The van der Waals surface area contributed by atoms with Crippen LogP contribution in [0, 0.1) is 0 Å². The molecule has 0 aliphatic heterocycles. The van der Waals surface area contributed by atoms with Crippen LogP contribution in [0.1, 0.15) is 26.3 Å². The maximum Gasteiger partial charge on any atom is 0.255 e. The number of thioether (sulfide) groups is 1. The lowest BCUT2D eigenvalue weighted by Crippen LogP contribution is -2.25. The molecule has 0 heterocycles. The van der Waals surface area contributed by atoms with Gasteiger partial charge in [0.1, 0.15) is 0 Å². The molecule has 3 rings (SSSR count). The number of hydrogen-bond acceptors (Lipinski definition) is 3. The topological polar surface area (TPSA) is 58.2 Å². The number of carbonyl (C=O) groups is 2. The SMILES string of the molecule is C=CCNC(=O)c1ccccc1NC(=O)c1ccc(CSc2ccccc2)cc1. The van der Waals surface area contributed by atoms with E-state index in [9.17, 15) is 9.59 Å². The van der Waals surface area contributed by atoms with Crippen LogP contribution >= 0.6 is 11.8 Å². The third-order valence-corrected chi connectivity index (χ3v) is 5.27. The quantitative estimate of drug-likeness (QED) is 0.405. The number of anilines is 1. The standard InChI is InChI=1S/C24H22N2O2S/c1-2-16-25-24(28)21-10-6-7-11-22(21)26-23(27)19-14-12-18(13-15-19)17-29-20-8-4-3-5-9-20/h2-15H,1,16-17H2,(H,25,28)(H,26,27). The first-order chi connectivity index (χ1) is 14.2. The number of hydrogen-bond donors (Lipinski definition) is 2. The van der Waals surface area contributed by atoms with E-state index in [0.717, 1.165) is 11.3 Å². The van der Waals surface area contributed by atoms with Crippen LogP contribution in [0.15, 0.2) is 96.4 Å². The van der Waals surface area contributed by atoms with Gasteiger partial charge in [-0.25, -0.2) is 0 Å². The average Bonchev–Trinajstić information content (AvgIpc) is 2.77. The highest BCUT2D eigenvalue weighted by molar-refractivity contribution is 7.98. The van der Waals surface area contributed by atoms with Crippen LogP contribution < -0.4 is 10.6 Å². The lowest BCUT2D eigenvalue weighted by atomic mass is 10.1. The lowest BCUT2D eigenvalue weighted by Gasteiger charge is -2.11. The first kappa shape index (κ1) is 20.4. The Labute approximate surface area is 175 Å². The Hall–Kier alpha value is -3.31. The molecule has 4 nitrogen and oxygen atoms in total. The number of nitrogens with one attached hydrogen (secondary N) is 2. The minimum atomic E-state index is -0.255. The maximum absolute atomic E-state index is 12.6. The zero-order valence-electron chi connectivity index (χ0n) is 15.9. The Morgan fingerprint density at radius 2 is 1.55 bits per heavy atom. The minimum Gasteiger partial charge on any atom is -0.349 e. The van der Waals surface area contributed by atoms with Gasteiger partial charge in [0, 0.05) is 22.8 Å². The first-order valence-electron chi connectivity index (χ1n) is 9.23. The molecule has 2 N–H and O–H groups in total. The molecule has 3 aromatic carbocycles. The second kappa shape index (κ2) is 10.3. The van der Waals surface area contributed by atoms with Gasteiger partial charge in [0.05, 0.1) is 11.3 Å². The molecular formula is C24H22N2O2S. The van der Waals surface area contributed by atoms with Gasteiger partial charge in [-0.2, -0.15) is 0 Å². The summed E-state index contributed by atoms with van der Waals surface area (Å²) in [6.07, 6.45) is 1.61.